The Morgan fingerprint density at radius 1 is 1.15 bits per heavy atom. The number of nitrogens with one attached hydrogen (secondary N) is 1. The van der Waals surface area contributed by atoms with Gasteiger partial charge in [0.1, 0.15) is 5.69 Å². The Bertz CT molecular complexity index is 780. The summed E-state index contributed by atoms with van der Waals surface area (Å²) in [5.74, 6) is -0.198. The number of benzene rings is 1. The van der Waals surface area contributed by atoms with Gasteiger partial charge in [0.25, 0.3) is 11.5 Å². The lowest BCUT2D eigenvalue weighted by atomic mass is 10.0. The molecule has 1 aliphatic rings. The van der Waals surface area contributed by atoms with E-state index < -0.39 is 0 Å². The number of aryl methyl sites for hydroxylation is 1. The van der Waals surface area contributed by atoms with E-state index in [1.54, 1.807) is 0 Å². The molecule has 0 bridgehead atoms. The van der Waals surface area contributed by atoms with Crippen LogP contribution in [0.25, 0.3) is 0 Å². The molecule has 0 unspecified atom stereocenters. The molecule has 0 saturated carbocycles. The van der Waals surface area contributed by atoms with Gasteiger partial charge in [-0.15, -0.1) is 0 Å². The molecule has 0 aliphatic carbocycles. The molecule has 0 spiro atoms. The predicted octanol–water partition coefficient (Wildman–Crippen LogP) is 2.05. The van der Waals surface area contributed by atoms with Crippen molar-refractivity contribution in [2.75, 3.05) is 13.1 Å². The van der Waals surface area contributed by atoms with E-state index in [2.05, 4.69) is 39.6 Å². The molecule has 1 aromatic heterocycles. The predicted molar refractivity (Wildman–Crippen MR) is 101 cm³/mol. The first-order chi connectivity index (χ1) is 12.7. The maximum Gasteiger partial charge on any atom is 0.271 e. The average molecular weight is 354 g/mol. The summed E-state index contributed by atoms with van der Waals surface area (Å²) < 4.78 is 1.36. The lowest BCUT2D eigenvalue weighted by molar-refractivity contribution is 0.0901. The van der Waals surface area contributed by atoms with Crippen molar-refractivity contribution in [1.82, 2.24) is 20.0 Å². The van der Waals surface area contributed by atoms with E-state index in [4.69, 9.17) is 0 Å². The van der Waals surface area contributed by atoms with Crippen LogP contribution in [0.4, 0.5) is 0 Å². The fraction of sp³-hybridized carbons (Fsp3) is 0.450. The number of hydrogen-bond donors (Lipinski definition) is 1. The summed E-state index contributed by atoms with van der Waals surface area (Å²) in [4.78, 5) is 26.6. The number of carbonyl (C=O) groups excluding carboxylic acids is 1. The molecule has 1 N–H and O–H groups in total. The highest BCUT2D eigenvalue weighted by molar-refractivity contribution is 5.92. The van der Waals surface area contributed by atoms with Crippen LogP contribution >= 0.6 is 0 Å². The molecule has 1 aromatic carbocycles. The van der Waals surface area contributed by atoms with Gasteiger partial charge in [0.15, 0.2) is 0 Å². The van der Waals surface area contributed by atoms with E-state index in [-0.39, 0.29) is 17.5 Å². The van der Waals surface area contributed by atoms with Crippen LogP contribution in [-0.4, -0.2) is 39.7 Å². The molecule has 3 rings (SSSR count). The summed E-state index contributed by atoms with van der Waals surface area (Å²) >= 11 is 0. The maximum atomic E-state index is 12.5. The van der Waals surface area contributed by atoms with Crippen molar-refractivity contribution in [1.29, 1.82) is 0 Å². The van der Waals surface area contributed by atoms with Gasteiger partial charge in [0.05, 0.1) is 0 Å². The number of amides is 1. The van der Waals surface area contributed by atoms with Gasteiger partial charge in [-0.3, -0.25) is 14.5 Å². The van der Waals surface area contributed by atoms with Crippen molar-refractivity contribution in [2.45, 2.75) is 45.3 Å². The van der Waals surface area contributed by atoms with Crippen LogP contribution in [0.3, 0.4) is 0 Å². The molecule has 6 heteroatoms. The molecule has 6 nitrogen and oxygen atoms in total. The quantitative estimate of drug-likeness (QED) is 0.862. The van der Waals surface area contributed by atoms with Crippen LogP contribution in [0, 0.1) is 0 Å². The summed E-state index contributed by atoms with van der Waals surface area (Å²) in [7, 11) is 0. The van der Waals surface area contributed by atoms with Crippen molar-refractivity contribution in [3.63, 3.8) is 0 Å². The van der Waals surface area contributed by atoms with E-state index in [0.717, 1.165) is 38.9 Å². The minimum Gasteiger partial charge on any atom is -0.348 e. The van der Waals surface area contributed by atoms with E-state index in [9.17, 15) is 9.59 Å². The molecule has 1 aliphatic heterocycles. The number of nitrogens with zero attached hydrogens (tertiary/aromatic N) is 3. The molecule has 0 radical (unpaired) electrons. The Morgan fingerprint density at radius 2 is 1.88 bits per heavy atom. The third-order valence-electron chi connectivity index (χ3n) is 4.71. The second-order valence-electron chi connectivity index (χ2n) is 6.79. The Morgan fingerprint density at radius 3 is 2.58 bits per heavy atom. The largest absolute Gasteiger partial charge is 0.348 e. The molecule has 1 fully saturated rings. The lowest BCUT2D eigenvalue weighted by Gasteiger charge is -2.32. The molecule has 0 atom stereocenters. The maximum absolute atomic E-state index is 12.5. The highest BCUT2D eigenvalue weighted by Gasteiger charge is 2.22. The molecule has 1 amide bonds. The van der Waals surface area contributed by atoms with Gasteiger partial charge in [-0.1, -0.05) is 37.3 Å². The Balaban J connectivity index is 1.52. The van der Waals surface area contributed by atoms with Crippen LogP contribution in [0.5, 0.6) is 0 Å². The SMILES string of the molecule is CCCn1nc(C(=O)NC2CCN(Cc3ccccc3)CC2)ccc1=O. The van der Waals surface area contributed by atoms with Gasteiger partial charge in [-0.25, -0.2) is 4.68 Å². The smallest absolute Gasteiger partial charge is 0.271 e. The molecule has 2 aromatic rings. The second kappa shape index (κ2) is 8.76. The highest BCUT2D eigenvalue weighted by Crippen LogP contribution is 2.14. The van der Waals surface area contributed by atoms with Crippen LogP contribution in [-0.2, 0) is 13.1 Å². The summed E-state index contributed by atoms with van der Waals surface area (Å²) in [6.07, 6.45) is 2.65. The summed E-state index contributed by atoms with van der Waals surface area (Å²) in [5.41, 5.74) is 1.46. The van der Waals surface area contributed by atoms with E-state index in [1.165, 1.54) is 22.4 Å². The number of carbonyl (C=O) groups is 1. The van der Waals surface area contributed by atoms with Crippen molar-refractivity contribution < 1.29 is 4.79 Å². The number of aromatic nitrogens is 2. The minimum atomic E-state index is -0.198. The van der Waals surface area contributed by atoms with Crippen LogP contribution < -0.4 is 10.9 Å². The van der Waals surface area contributed by atoms with Gasteiger partial charge in [-0.05, 0) is 30.9 Å². The molecular formula is C20H26N4O2. The molecule has 2 heterocycles. The number of likely N-dealkylation sites (tertiary alicyclic amines) is 1. The van der Waals surface area contributed by atoms with Crippen LogP contribution in [0.2, 0.25) is 0 Å². The highest BCUT2D eigenvalue weighted by atomic mass is 16.2. The topological polar surface area (TPSA) is 67.2 Å². The van der Waals surface area contributed by atoms with Crippen molar-refractivity contribution in [2.24, 2.45) is 0 Å². The van der Waals surface area contributed by atoms with Gasteiger partial charge in [-0.2, -0.15) is 5.10 Å². The zero-order valence-corrected chi connectivity index (χ0v) is 15.2. The fourth-order valence-electron chi connectivity index (χ4n) is 3.28. The Hall–Kier alpha value is -2.47. The molecule has 26 heavy (non-hydrogen) atoms. The molecule has 138 valence electrons. The fourth-order valence-corrected chi connectivity index (χ4v) is 3.28. The third kappa shape index (κ3) is 4.79. The first-order valence-corrected chi connectivity index (χ1v) is 9.31. The normalized spacial score (nSPS) is 15.7. The van der Waals surface area contributed by atoms with Crippen molar-refractivity contribution in [3.05, 3.63) is 64.1 Å². The lowest BCUT2D eigenvalue weighted by Crippen LogP contribution is -2.44. The number of piperidine rings is 1. The standard InChI is InChI=1S/C20H26N4O2/c1-2-12-24-19(25)9-8-18(22-24)20(26)21-17-10-13-23(14-11-17)15-16-6-4-3-5-7-16/h3-9,17H,2,10-15H2,1H3,(H,21,26). The van der Waals surface area contributed by atoms with E-state index >= 15 is 0 Å². The number of hydrogen-bond acceptors (Lipinski definition) is 4. The van der Waals surface area contributed by atoms with E-state index in [1.807, 2.05) is 13.0 Å². The van der Waals surface area contributed by atoms with Crippen molar-refractivity contribution in [3.8, 4) is 0 Å². The molecule has 1 saturated heterocycles. The first-order valence-electron chi connectivity index (χ1n) is 9.31. The Labute approximate surface area is 153 Å². The number of rotatable bonds is 6. The zero-order chi connectivity index (χ0) is 18.4. The van der Waals surface area contributed by atoms with Crippen LogP contribution in [0.15, 0.2) is 47.3 Å². The van der Waals surface area contributed by atoms with E-state index in [0.29, 0.717) is 12.2 Å². The second-order valence-corrected chi connectivity index (χ2v) is 6.79. The van der Waals surface area contributed by atoms with Crippen molar-refractivity contribution >= 4 is 5.91 Å². The summed E-state index contributed by atoms with van der Waals surface area (Å²) in [5, 5.41) is 7.24. The van der Waals surface area contributed by atoms with Gasteiger partial charge >= 0.3 is 0 Å². The third-order valence-corrected chi connectivity index (χ3v) is 4.71. The zero-order valence-electron chi connectivity index (χ0n) is 15.2. The van der Waals surface area contributed by atoms with Gasteiger partial charge in [0.2, 0.25) is 0 Å². The monoisotopic (exact) mass is 354 g/mol. The summed E-state index contributed by atoms with van der Waals surface area (Å²) in [6, 6.07) is 13.5. The van der Waals surface area contributed by atoms with Crippen LogP contribution in [0.1, 0.15) is 42.2 Å². The molecular weight excluding hydrogens is 328 g/mol. The average Bonchev–Trinajstić information content (AvgIpc) is 2.66. The minimum absolute atomic E-state index is 0.155. The first kappa shape index (κ1) is 18.3. The Kier molecular flexibility index (Phi) is 6.17. The van der Waals surface area contributed by atoms with Gasteiger partial charge < -0.3 is 5.32 Å². The summed E-state index contributed by atoms with van der Waals surface area (Å²) in [6.45, 7) is 5.37. The van der Waals surface area contributed by atoms with Gasteiger partial charge in [0, 0.05) is 38.3 Å².